The zero-order valence-corrected chi connectivity index (χ0v) is 17.2. The van der Waals surface area contributed by atoms with E-state index in [0.717, 1.165) is 29.6 Å². The van der Waals surface area contributed by atoms with E-state index in [0.29, 0.717) is 24.6 Å². The van der Waals surface area contributed by atoms with Gasteiger partial charge in [-0.1, -0.05) is 12.8 Å². The number of aromatic nitrogens is 3. The van der Waals surface area contributed by atoms with Gasteiger partial charge in [0.1, 0.15) is 0 Å². The first kappa shape index (κ1) is 18.9. The number of hydrogen-bond donors (Lipinski definition) is 1. The fourth-order valence-electron chi connectivity index (χ4n) is 4.46. The van der Waals surface area contributed by atoms with Gasteiger partial charge in [0.25, 0.3) is 5.91 Å². The van der Waals surface area contributed by atoms with Crippen LogP contribution in [0.25, 0.3) is 11.0 Å². The zero-order chi connectivity index (χ0) is 20.1. The first-order valence-electron chi connectivity index (χ1n) is 10.2. The van der Waals surface area contributed by atoms with Crippen molar-refractivity contribution in [2.24, 2.45) is 0 Å². The van der Waals surface area contributed by atoms with Gasteiger partial charge in [0, 0.05) is 24.2 Å². The van der Waals surface area contributed by atoms with E-state index in [-0.39, 0.29) is 23.4 Å². The summed E-state index contributed by atoms with van der Waals surface area (Å²) in [6, 6.07) is 2.01. The fourth-order valence-corrected chi connectivity index (χ4v) is 4.46. The molecule has 2 aliphatic rings. The summed E-state index contributed by atoms with van der Waals surface area (Å²) in [5.41, 5.74) is 1.94. The average Bonchev–Trinajstić information content (AvgIpc) is 3.32. The molecule has 1 atom stereocenters. The van der Waals surface area contributed by atoms with Crippen LogP contribution in [0.2, 0.25) is 0 Å². The van der Waals surface area contributed by atoms with Gasteiger partial charge in [-0.15, -0.1) is 0 Å². The van der Waals surface area contributed by atoms with E-state index in [1.165, 1.54) is 12.8 Å². The van der Waals surface area contributed by atoms with Crippen LogP contribution in [0.15, 0.2) is 12.3 Å². The average molecular weight is 383 g/mol. The summed E-state index contributed by atoms with van der Waals surface area (Å²) in [5, 5.41) is 8.41. The molecule has 2 amide bonds. The third-order valence-electron chi connectivity index (χ3n) is 5.88. The highest BCUT2D eigenvalue weighted by atomic mass is 16.2. The number of aryl methyl sites for hydroxylation is 1. The number of rotatable bonds is 3. The van der Waals surface area contributed by atoms with Crippen LogP contribution in [-0.2, 0) is 4.79 Å². The number of hydrogen-bond acceptors (Lipinski definition) is 4. The zero-order valence-electron chi connectivity index (χ0n) is 17.2. The van der Waals surface area contributed by atoms with E-state index in [2.05, 4.69) is 15.4 Å². The summed E-state index contributed by atoms with van der Waals surface area (Å²) >= 11 is 0. The highest BCUT2D eigenvalue weighted by Crippen LogP contribution is 2.32. The monoisotopic (exact) mass is 383 g/mol. The van der Waals surface area contributed by atoms with Crippen molar-refractivity contribution in [2.75, 3.05) is 6.54 Å². The minimum absolute atomic E-state index is 0.0860. The molecular formula is C21H29N5O2. The molecule has 1 saturated carbocycles. The van der Waals surface area contributed by atoms with Gasteiger partial charge in [0.05, 0.1) is 29.2 Å². The Balaban J connectivity index is 1.59. The number of nitrogens with one attached hydrogen (secondary N) is 1. The molecule has 0 bridgehead atoms. The lowest BCUT2D eigenvalue weighted by Crippen LogP contribution is -2.44. The Morgan fingerprint density at radius 2 is 1.96 bits per heavy atom. The van der Waals surface area contributed by atoms with Crippen molar-refractivity contribution in [3.8, 4) is 0 Å². The predicted octanol–water partition coefficient (Wildman–Crippen LogP) is 2.98. The molecule has 7 heteroatoms. The first-order chi connectivity index (χ1) is 13.2. The van der Waals surface area contributed by atoms with E-state index >= 15 is 0 Å². The Labute approximate surface area is 165 Å². The standard InChI is InChI=1S/C21H29N5O2/c1-13-9-16(17-11-22-26(19(17)23-13)15-7-5-6-8-15)20(28)24-14-10-18(27)25(12-14)21(2,3)4/h9,11,14-15H,5-8,10,12H2,1-4H3,(H,24,28). The van der Waals surface area contributed by atoms with Crippen molar-refractivity contribution in [2.45, 2.75) is 77.4 Å². The molecule has 1 aliphatic heterocycles. The minimum Gasteiger partial charge on any atom is -0.347 e. The second kappa shape index (κ2) is 6.87. The van der Waals surface area contributed by atoms with Crippen LogP contribution in [0.4, 0.5) is 0 Å². The van der Waals surface area contributed by atoms with Crippen molar-refractivity contribution in [1.82, 2.24) is 25.0 Å². The predicted molar refractivity (Wildman–Crippen MR) is 107 cm³/mol. The Bertz CT molecular complexity index is 921. The van der Waals surface area contributed by atoms with E-state index in [9.17, 15) is 9.59 Å². The molecule has 150 valence electrons. The van der Waals surface area contributed by atoms with Crippen molar-refractivity contribution < 1.29 is 9.59 Å². The molecule has 0 radical (unpaired) electrons. The topological polar surface area (TPSA) is 80.1 Å². The van der Waals surface area contributed by atoms with Gasteiger partial charge >= 0.3 is 0 Å². The van der Waals surface area contributed by atoms with Crippen molar-refractivity contribution in [1.29, 1.82) is 0 Å². The highest BCUT2D eigenvalue weighted by Gasteiger charge is 2.37. The van der Waals surface area contributed by atoms with Crippen molar-refractivity contribution in [3.63, 3.8) is 0 Å². The summed E-state index contributed by atoms with van der Waals surface area (Å²) in [5.74, 6) is -0.0714. The number of nitrogens with zero attached hydrogens (tertiary/aromatic N) is 4. The maximum absolute atomic E-state index is 13.1. The summed E-state index contributed by atoms with van der Waals surface area (Å²) in [6.45, 7) is 8.50. The molecule has 0 aromatic carbocycles. The SMILES string of the molecule is Cc1cc(C(=O)NC2CC(=O)N(C(C)(C)C)C2)c2cnn(C3CCCC3)c2n1. The molecule has 7 nitrogen and oxygen atoms in total. The summed E-state index contributed by atoms with van der Waals surface area (Å²) < 4.78 is 1.99. The van der Waals surface area contributed by atoms with E-state index in [1.807, 2.05) is 43.3 Å². The molecule has 1 N–H and O–H groups in total. The Hall–Kier alpha value is -2.44. The van der Waals surface area contributed by atoms with Gasteiger partial charge in [0.2, 0.25) is 5.91 Å². The van der Waals surface area contributed by atoms with Crippen LogP contribution in [0.5, 0.6) is 0 Å². The maximum Gasteiger partial charge on any atom is 0.252 e. The number of carbonyl (C=O) groups is 2. The minimum atomic E-state index is -0.237. The van der Waals surface area contributed by atoms with Crippen LogP contribution >= 0.6 is 0 Å². The lowest BCUT2D eigenvalue weighted by Gasteiger charge is -2.32. The van der Waals surface area contributed by atoms with Gasteiger partial charge in [-0.3, -0.25) is 9.59 Å². The molecule has 1 aliphatic carbocycles. The Morgan fingerprint density at radius 1 is 1.25 bits per heavy atom. The maximum atomic E-state index is 13.1. The van der Waals surface area contributed by atoms with Crippen LogP contribution in [0, 0.1) is 6.92 Å². The van der Waals surface area contributed by atoms with Crippen LogP contribution in [0.1, 0.15) is 75.0 Å². The summed E-state index contributed by atoms with van der Waals surface area (Å²) in [6.07, 6.45) is 6.76. The van der Waals surface area contributed by atoms with Gasteiger partial charge in [0.15, 0.2) is 5.65 Å². The van der Waals surface area contributed by atoms with E-state index in [1.54, 1.807) is 6.20 Å². The number of pyridine rings is 1. The fraction of sp³-hybridized carbons (Fsp3) is 0.619. The second-order valence-electron chi connectivity index (χ2n) is 9.13. The van der Waals surface area contributed by atoms with Gasteiger partial charge in [-0.2, -0.15) is 5.10 Å². The Morgan fingerprint density at radius 3 is 2.61 bits per heavy atom. The lowest BCUT2D eigenvalue weighted by atomic mass is 10.1. The largest absolute Gasteiger partial charge is 0.347 e. The number of fused-ring (bicyclic) bond motifs is 1. The smallest absolute Gasteiger partial charge is 0.252 e. The number of likely N-dealkylation sites (tertiary alicyclic amines) is 1. The molecule has 1 saturated heterocycles. The molecule has 0 spiro atoms. The quantitative estimate of drug-likeness (QED) is 0.884. The van der Waals surface area contributed by atoms with Gasteiger partial charge in [-0.25, -0.2) is 9.67 Å². The van der Waals surface area contributed by atoms with Crippen LogP contribution in [-0.4, -0.2) is 49.6 Å². The molecule has 1 unspecified atom stereocenters. The second-order valence-corrected chi connectivity index (χ2v) is 9.13. The van der Waals surface area contributed by atoms with Gasteiger partial charge < -0.3 is 10.2 Å². The lowest BCUT2D eigenvalue weighted by molar-refractivity contribution is -0.131. The van der Waals surface area contributed by atoms with Crippen LogP contribution < -0.4 is 5.32 Å². The normalized spacial score (nSPS) is 21.1. The third-order valence-corrected chi connectivity index (χ3v) is 5.88. The highest BCUT2D eigenvalue weighted by molar-refractivity contribution is 6.05. The Kier molecular flexibility index (Phi) is 4.63. The first-order valence-corrected chi connectivity index (χ1v) is 10.2. The van der Waals surface area contributed by atoms with Crippen molar-refractivity contribution in [3.05, 3.63) is 23.5 Å². The number of carbonyl (C=O) groups excluding carboxylic acids is 2. The third kappa shape index (κ3) is 3.38. The van der Waals surface area contributed by atoms with E-state index < -0.39 is 0 Å². The molecule has 2 aromatic rings. The molecule has 2 fully saturated rings. The molecule has 3 heterocycles. The summed E-state index contributed by atoms with van der Waals surface area (Å²) in [4.78, 5) is 31.9. The summed E-state index contributed by atoms with van der Waals surface area (Å²) in [7, 11) is 0. The molecule has 4 rings (SSSR count). The van der Waals surface area contributed by atoms with E-state index in [4.69, 9.17) is 0 Å². The number of amides is 2. The molecular weight excluding hydrogens is 354 g/mol. The van der Waals surface area contributed by atoms with Crippen molar-refractivity contribution >= 4 is 22.8 Å². The molecule has 2 aromatic heterocycles. The van der Waals surface area contributed by atoms with Crippen LogP contribution in [0.3, 0.4) is 0 Å². The molecule has 28 heavy (non-hydrogen) atoms. The van der Waals surface area contributed by atoms with Gasteiger partial charge in [-0.05, 0) is 46.6 Å².